The monoisotopic (exact) mass is 197 g/mol. The van der Waals surface area contributed by atoms with Crippen LogP contribution in [0.5, 0.6) is 0 Å². The van der Waals surface area contributed by atoms with E-state index in [0.717, 1.165) is 6.08 Å². The predicted molar refractivity (Wildman–Crippen MR) is 42.5 cm³/mol. The van der Waals surface area contributed by atoms with Crippen LogP contribution in [0.3, 0.4) is 0 Å². The van der Waals surface area contributed by atoms with Gasteiger partial charge in [0.25, 0.3) is 0 Å². The maximum Gasteiger partial charge on any atom is 0.416 e. The van der Waals surface area contributed by atoms with Gasteiger partial charge < -0.3 is 5.41 Å². The van der Waals surface area contributed by atoms with Gasteiger partial charge in [0, 0.05) is 11.2 Å². The number of allylic oxidation sites excluding steroid dienone is 4. The van der Waals surface area contributed by atoms with Gasteiger partial charge in [0.05, 0.1) is 5.57 Å². The van der Waals surface area contributed by atoms with Crippen molar-refractivity contribution in [1.82, 2.24) is 0 Å². The molecule has 0 heterocycles. The Morgan fingerprint density at radius 3 is 2.17 bits per heavy atom. The minimum Gasteiger partial charge on any atom is -0.309 e. The van der Waals surface area contributed by atoms with E-state index < -0.39 is 11.7 Å². The highest BCUT2D eigenvalue weighted by Gasteiger charge is 2.31. The minimum atomic E-state index is -4.45. The molecule has 0 aliphatic rings. The predicted octanol–water partition coefficient (Wildman–Crippen LogP) is 3.27. The zero-order chi connectivity index (χ0) is 9.78. The van der Waals surface area contributed by atoms with Crippen molar-refractivity contribution in [2.24, 2.45) is 0 Å². The van der Waals surface area contributed by atoms with Crippen LogP contribution in [-0.2, 0) is 0 Å². The second-order valence-electron chi connectivity index (χ2n) is 2.02. The summed E-state index contributed by atoms with van der Waals surface area (Å²) < 4.78 is 36.0. The summed E-state index contributed by atoms with van der Waals surface area (Å²) in [5, 5.41) is 6.51. The average molecular weight is 198 g/mol. The van der Waals surface area contributed by atoms with Crippen molar-refractivity contribution in [2.45, 2.75) is 13.1 Å². The Hall–Kier alpha value is -0.770. The molecule has 0 bridgehead atoms. The molecule has 0 radical (unpaired) electrons. The first-order chi connectivity index (χ1) is 5.38. The van der Waals surface area contributed by atoms with Crippen molar-refractivity contribution < 1.29 is 13.2 Å². The standard InChI is InChI=1S/C7H7ClF3N/c1-5(8)4-6(2-3-12)7(9,10)11/h2-4,12H,1H3/b5-4+,6-2+,12-3?. The van der Waals surface area contributed by atoms with Gasteiger partial charge in [0.15, 0.2) is 0 Å². The molecule has 0 unspecified atom stereocenters. The second-order valence-corrected chi connectivity index (χ2v) is 2.61. The first-order valence-corrected chi connectivity index (χ1v) is 3.37. The van der Waals surface area contributed by atoms with Gasteiger partial charge in [0.2, 0.25) is 0 Å². The van der Waals surface area contributed by atoms with E-state index in [1.54, 1.807) is 0 Å². The summed E-state index contributed by atoms with van der Waals surface area (Å²) in [6, 6.07) is 0. The Balaban J connectivity index is 4.82. The number of hydrogen-bond acceptors (Lipinski definition) is 1. The smallest absolute Gasteiger partial charge is 0.309 e. The Bertz CT molecular complexity index is 223. The zero-order valence-electron chi connectivity index (χ0n) is 6.24. The van der Waals surface area contributed by atoms with Crippen molar-refractivity contribution in [3.63, 3.8) is 0 Å². The van der Waals surface area contributed by atoms with Crippen LogP contribution in [0.4, 0.5) is 13.2 Å². The van der Waals surface area contributed by atoms with Crippen molar-refractivity contribution in [3.8, 4) is 0 Å². The molecule has 0 aromatic carbocycles. The van der Waals surface area contributed by atoms with Gasteiger partial charge in [-0.3, -0.25) is 0 Å². The van der Waals surface area contributed by atoms with E-state index >= 15 is 0 Å². The fraction of sp³-hybridized carbons (Fsp3) is 0.286. The molecule has 1 nitrogen and oxygen atoms in total. The second kappa shape index (κ2) is 4.30. The van der Waals surface area contributed by atoms with Gasteiger partial charge >= 0.3 is 6.18 Å². The number of rotatable bonds is 2. The number of halogens is 4. The largest absolute Gasteiger partial charge is 0.416 e. The lowest BCUT2D eigenvalue weighted by Crippen LogP contribution is -2.10. The van der Waals surface area contributed by atoms with Gasteiger partial charge in [-0.2, -0.15) is 13.2 Å². The van der Waals surface area contributed by atoms with E-state index in [0.29, 0.717) is 12.3 Å². The van der Waals surface area contributed by atoms with E-state index in [1.807, 2.05) is 0 Å². The van der Waals surface area contributed by atoms with Gasteiger partial charge in [0.1, 0.15) is 0 Å². The highest BCUT2D eigenvalue weighted by Crippen LogP contribution is 2.27. The van der Waals surface area contributed by atoms with Gasteiger partial charge in [-0.05, 0) is 19.1 Å². The quantitative estimate of drug-likeness (QED) is 0.519. The van der Waals surface area contributed by atoms with Gasteiger partial charge in [-0.15, -0.1) is 0 Å². The fourth-order valence-electron chi connectivity index (χ4n) is 0.528. The summed E-state index contributed by atoms with van der Waals surface area (Å²) in [5.41, 5.74) is -0.926. The third-order valence-electron chi connectivity index (χ3n) is 0.945. The molecular formula is C7H7ClF3N. The Morgan fingerprint density at radius 2 is 1.92 bits per heavy atom. The fourth-order valence-corrected chi connectivity index (χ4v) is 0.646. The normalized spacial score (nSPS) is 14.8. The molecule has 12 heavy (non-hydrogen) atoms. The molecule has 1 N–H and O–H groups in total. The topological polar surface area (TPSA) is 23.9 Å². The Kier molecular flexibility index (Phi) is 4.03. The lowest BCUT2D eigenvalue weighted by Gasteiger charge is -2.06. The summed E-state index contributed by atoms with van der Waals surface area (Å²) in [4.78, 5) is 0. The number of hydrogen-bond donors (Lipinski definition) is 1. The van der Waals surface area contributed by atoms with Crippen molar-refractivity contribution in [3.05, 3.63) is 22.8 Å². The summed E-state index contributed by atoms with van der Waals surface area (Å²) in [6.07, 6.45) is -2.47. The molecular weight excluding hydrogens is 191 g/mol. The van der Waals surface area contributed by atoms with Crippen molar-refractivity contribution in [1.29, 1.82) is 5.41 Å². The molecule has 0 rings (SSSR count). The van der Waals surface area contributed by atoms with Crippen LogP contribution in [0.1, 0.15) is 6.92 Å². The molecule has 0 amide bonds. The van der Waals surface area contributed by atoms with Crippen molar-refractivity contribution in [2.75, 3.05) is 0 Å². The molecule has 5 heteroatoms. The third-order valence-corrected chi connectivity index (χ3v) is 1.05. The Labute approximate surface area is 73.0 Å². The molecule has 0 saturated carbocycles. The summed E-state index contributed by atoms with van der Waals surface area (Å²) >= 11 is 5.26. The minimum absolute atomic E-state index is 0.0282. The highest BCUT2D eigenvalue weighted by molar-refractivity contribution is 6.29. The zero-order valence-corrected chi connectivity index (χ0v) is 7.00. The first kappa shape index (κ1) is 11.2. The maximum atomic E-state index is 12.0. The summed E-state index contributed by atoms with van der Waals surface area (Å²) in [5.74, 6) is 0. The van der Waals surface area contributed by atoms with Crippen LogP contribution in [-0.4, -0.2) is 12.4 Å². The number of alkyl halides is 3. The van der Waals surface area contributed by atoms with Crippen LogP contribution in [0.15, 0.2) is 22.8 Å². The number of nitrogens with one attached hydrogen (secondary N) is 1. The van der Waals surface area contributed by atoms with E-state index in [-0.39, 0.29) is 5.03 Å². The third kappa shape index (κ3) is 4.18. The molecule has 0 spiro atoms. The lowest BCUT2D eigenvalue weighted by molar-refractivity contribution is -0.0881. The van der Waals surface area contributed by atoms with E-state index in [1.165, 1.54) is 6.92 Å². The van der Waals surface area contributed by atoms with Crippen LogP contribution >= 0.6 is 11.6 Å². The molecule has 0 saturated heterocycles. The van der Waals surface area contributed by atoms with Gasteiger partial charge in [-0.25, -0.2) is 0 Å². The molecule has 0 fully saturated rings. The average Bonchev–Trinajstić information content (AvgIpc) is 1.83. The molecule has 0 aliphatic heterocycles. The summed E-state index contributed by atoms with van der Waals surface area (Å²) in [6.45, 7) is 1.34. The molecule has 68 valence electrons. The van der Waals surface area contributed by atoms with Crippen LogP contribution < -0.4 is 0 Å². The van der Waals surface area contributed by atoms with E-state index in [9.17, 15) is 13.2 Å². The van der Waals surface area contributed by atoms with Crippen LogP contribution in [0, 0.1) is 5.41 Å². The molecule has 0 aromatic heterocycles. The molecule has 0 aliphatic carbocycles. The van der Waals surface area contributed by atoms with Crippen LogP contribution in [0.25, 0.3) is 0 Å². The van der Waals surface area contributed by atoms with E-state index in [2.05, 4.69) is 0 Å². The SMILES string of the molecule is C/C(Cl)=C\C(=C/C=N)C(F)(F)F. The van der Waals surface area contributed by atoms with E-state index in [4.69, 9.17) is 17.0 Å². The summed E-state index contributed by atoms with van der Waals surface area (Å²) in [7, 11) is 0. The lowest BCUT2D eigenvalue weighted by atomic mass is 10.2. The molecule has 0 atom stereocenters. The molecule has 0 aromatic rings. The highest BCUT2D eigenvalue weighted by atomic mass is 35.5. The Morgan fingerprint density at radius 1 is 1.42 bits per heavy atom. The van der Waals surface area contributed by atoms with Crippen molar-refractivity contribution >= 4 is 17.8 Å². The maximum absolute atomic E-state index is 12.0. The van der Waals surface area contributed by atoms with Crippen LogP contribution in [0.2, 0.25) is 0 Å². The first-order valence-electron chi connectivity index (χ1n) is 2.99. The van der Waals surface area contributed by atoms with Gasteiger partial charge in [-0.1, -0.05) is 11.6 Å².